The Bertz CT molecular complexity index is 1170. The van der Waals surface area contributed by atoms with Crippen LogP contribution < -0.4 is 10.1 Å². The van der Waals surface area contributed by atoms with E-state index in [0.29, 0.717) is 29.0 Å². The van der Waals surface area contributed by atoms with Gasteiger partial charge in [-0.15, -0.1) is 0 Å². The molecule has 3 aromatic carbocycles. The van der Waals surface area contributed by atoms with Crippen LogP contribution in [-0.2, 0) is 4.74 Å². The number of esters is 1. The summed E-state index contributed by atoms with van der Waals surface area (Å²) < 4.78 is 10.7. The fraction of sp³-hybridized carbons (Fsp3) is 0.300. The van der Waals surface area contributed by atoms with E-state index in [1.54, 1.807) is 36.4 Å². The van der Waals surface area contributed by atoms with Crippen LogP contribution in [0.2, 0.25) is 0 Å². The predicted octanol–water partition coefficient (Wildman–Crippen LogP) is 6.15. The first kappa shape index (κ1) is 26.7. The topological polar surface area (TPSA) is 81.7 Å². The SMILES string of the molecule is CCCCCCOc1cc(C(=O)N[C@@H](C)c2ccc(C(=O)c3ccccc3)cc2)cc(C(=O)OC)c1. The summed E-state index contributed by atoms with van der Waals surface area (Å²) in [4.78, 5) is 37.8. The van der Waals surface area contributed by atoms with Gasteiger partial charge in [-0.1, -0.05) is 80.8 Å². The van der Waals surface area contributed by atoms with Gasteiger partial charge in [-0.05, 0) is 37.1 Å². The zero-order valence-electron chi connectivity index (χ0n) is 21.1. The number of unbranched alkanes of at least 4 members (excludes halogenated alkanes) is 3. The van der Waals surface area contributed by atoms with Crippen molar-refractivity contribution in [1.29, 1.82) is 0 Å². The lowest BCUT2D eigenvalue weighted by atomic mass is 10.00. The number of amides is 1. The summed E-state index contributed by atoms with van der Waals surface area (Å²) in [5.41, 5.74) is 2.62. The second-order valence-electron chi connectivity index (χ2n) is 8.66. The predicted molar refractivity (Wildman–Crippen MR) is 140 cm³/mol. The maximum atomic E-state index is 13.0. The highest BCUT2D eigenvalue weighted by Gasteiger charge is 2.17. The summed E-state index contributed by atoms with van der Waals surface area (Å²) in [6.07, 6.45) is 4.23. The van der Waals surface area contributed by atoms with E-state index >= 15 is 0 Å². The summed E-state index contributed by atoms with van der Waals surface area (Å²) in [5.74, 6) is -0.475. The molecule has 0 unspecified atom stereocenters. The van der Waals surface area contributed by atoms with Crippen LogP contribution in [0.15, 0.2) is 72.8 Å². The maximum absolute atomic E-state index is 13.0. The van der Waals surface area contributed by atoms with Gasteiger partial charge in [0, 0.05) is 16.7 Å². The third-order valence-corrected chi connectivity index (χ3v) is 5.91. The first-order valence-electron chi connectivity index (χ1n) is 12.3. The van der Waals surface area contributed by atoms with Gasteiger partial charge in [0.1, 0.15) is 5.75 Å². The molecule has 0 aromatic heterocycles. The van der Waals surface area contributed by atoms with Gasteiger partial charge in [0.15, 0.2) is 5.78 Å². The normalized spacial score (nSPS) is 11.4. The van der Waals surface area contributed by atoms with Crippen LogP contribution in [0.5, 0.6) is 5.75 Å². The van der Waals surface area contributed by atoms with Crippen molar-refractivity contribution < 1.29 is 23.9 Å². The molecule has 0 aliphatic heterocycles. The van der Waals surface area contributed by atoms with E-state index in [1.807, 2.05) is 37.3 Å². The van der Waals surface area contributed by atoms with Crippen LogP contribution >= 0.6 is 0 Å². The van der Waals surface area contributed by atoms with Gasteiger partial charge in [0.05, 0.1) is 25.3 Å². The smallest absolute Gasteiger partial charge is 0.338 e. The minimum absolute atomic E-state index is 0.0549. The molecule has 1 N–H and O–H groups in total. The Morgan fingerprint density at radius 3 is 2.14 bits per heavy atom. The average molecular weight is 488 g/mol. The highest BCUT2D eigenvalue weighted by atomic mass is 16.5. The Kier molecular flexibility index (Phi) is 9.81. The molecule has 0 radical (unpaired) electrons. The number of carbonyl (C=O) groups is 3. The quantitative estimate of drug-likeness (QED) is 0.188. The second-order valence-corrected chi connectivity index (χ2v) is 8.66. The number of carbonyl (C=O) groups excluding carboxylic acids is 3. The summed E-state index contributed by atoms with van der Waals surface area (Å²) >= 11 is 0. The number of ether oxygens (including phenoxy) is 2. The van der Waals surface area contributed by atoms with Crippen molar-refractivity contribution in [1.82, 2.24) is 5.32 Å². The lowest BCUT2D eigenvalue weighted by Crippen LogP contribution is -2.27. The van der Waals surface area contributed by atoms with Crippen molar-refractivity contribution >= 4 is 17.7 Å². The molecule has 36 heavy (non-hydrogen) atoms. The first-order valence-corrected chi connectivity index (χ1v) is 12.3. The molecule has 6 nitrogen and oxygen atoms in total. The molecule has 0 heterocycles. The fourth-order valence-corrected chi connectivity index (χ4v) is 3.81. The molecule has 3 aromatic rings. The van der Waals surface area contributed by atoms with Crippen molar-refractivity contribution in [2.45, 2.75) is 45.6 Å². The molecule has 1 atom stereocenters. The lowest BCUT2D eigenvalue weighted by molar-refractivity contribution is 0.0600. The highest BCUT2D eigenvalue weighted by Crippen LogP contribution is 2.21. The Balaban J connectivity index is 1.70. The molecule has 6 heteroatoms. The van der Waals surface area contributed by atoms with E-state index in [0.717, 1.165) is 31.2 Å². The number of nitrogens with one attached hydrogen (secondary N) is 1. The molecule has 0 aliphatic carbocycles. The van der Waals surface area contributed by atoms with Crippen LogP contribution in [0.25, 0.3) is 0 Å². The summed E-state index contributed by atoms with van der Waals surface area (Å²) in [6.45, 7) is 4.52. The van der Waals surface area contributed by atoms with E-state index in [-0.39, 0.29) is 23.3 Å². The highest BCUT2D eigenvalue weighted by molar-refractivity contribution is 6.09. The van der Waals surface area contributed by atoms with Gasteiger partial charge in [-0.3, -0.25) is 9.59 Å². The number of hydrogen-bond donors (Lipinski definition) is 1. The average Bonchev–Trinajstić information content (AvgIpc) is 2.92. The van der Waals surface area contributed by atoms with Crippen LogP contribution in [0.4, 0.5) is 0 Å². The number of rotatable bonds is 12. The monoisotopic (exact) mass is 487 g/mol. The van der Waals surface area contributed by atoms with E-state index in [2.05, 4.69) is 12.2 Å². The lowest BCUT2D eigenvalue weighted by Gasteiger charge is -2.16. The van der Waals surface area contributed by atoms with Crippen molar-refractivity contribution in [3.63, 3.8) is 0 Å². The Morgan fingerprint density at radius 1 is 0.806 bits per heavy atom. The van der Waals surface area contributed by atoms with Crippen LogP contribution in [0, 0.1) is 0 Å². The molecule has 3 rings (SSSR count). The number of benzene rings is 3. The minimum Gasteiger partial charge on any atom is -0.494 e. The summed E-state index contributed by atoms with van der Waals surface area (Å²) in [6, 6.07) is 20.7. The molecule has 1 amide bonds. The fourth-order valence-electron chi connectivity index (χ4n) is 3.81. The Hall–Kier alpha value is -3.93. The first-order chi connectivity index (χ1) is 17.4. The van der Waals surface area contributed by atoms with Crippen molar-refractivity contribution in [3.05, 3.63) is 101 Å². The molecule has 188 valence electrons. The van der Waals surface area contributed by atoms with Gasteiger partial charge in [-0.2, -0.15) is 0 Å². The molecule has 0 bridgehead atoms. The van der Waals surface area contributed by atoms with Gasteiger partial charge in [0.25, 0.3) is 5.91 Å². The van der Waals surface area contributed by atoms with Crippen molar-refractivity contribution in [3.8, 4) is 5.75 Å². The number of methoxy groups -OCH3 is 1. The Labute approximate surface area is 212 Å². The molecule has 0 aliphatic rings. The number of ketones is 1. The van der Waals surface area contributed by atoms with E-state index in [1.165, 1.54) is 13.2 Å². The third-order valence-electron chi connectivity index (χ3n) is 5.91. The molecule has 0 spiro atoms. The Morgan fingerprint density at radius 2 is 1.47 bits per heavy atom. The van der Waals surface area contributed by atoms with Gasteiger partial charge < -0.3 is 14.8 Å². The summed E-state index contributed by atoms with van der Waals surface area (Å²) in [7, 11) is 1.30. The van der Waals surface area contributed by atoms with Gasteiger partial charge >= 0.3 is 5.97 Å². The van der Waals surface area contributed by atoms with Crippen molar-refractivity contribution in [2.24, 2.45) is 0 Å². The molecule has 0 saturated carbocycles. The summed E-state index contributed by atoms with van der Waals surface area (Å²) in [5, 5.41) is 2.96. The third kappa shape index (κ3) is 7.28. The van der Waals surface area contributed by atoms with Gasteiger partial charge in [0.2, 0.25) is 0 Å². The zero-order chi connectivity index (χ0) is 25.9. The molecule has 0 saturated heterocycles. The van der Waals surface area contributed by atoms with E-state index in [9.17, 15) is 14.4 Å². The van der Waals surface area contributed by atoms with Gasteiger partial charge in [-0.25, -0.2) is 4.79 Å². The van der Waals surface area contributed by atoms with Crippen LogP contribution in [-0.4, -0.2) is 31.4 Å². The van der Waals surface area contributed by atoms with Crippen LogP contribution in [0.3, 0.4) is 0 Å². The van der Waals surface area contributed by atoms with Crippen molar-refractivity contribution in [2.75, 3.05) is 13.7 Å². The van der Waals surface area contributed by atoms with Crippen LogP contribution in [0.1, 0.15) is 87.8 Å². The largest absolute Gasteiger partial charge is 0.494 e. The molecule has 0 fully saturated rings. The molecular formula is C30H33NO5. The maximum Gasteiger partial charge on any atom is 0.338 e. The second kappa shape index (κ2) is 13.2. The molecular weight excluding hydrogens is 454 g/mol. The standard InChI is InChI=1S/C30H33NO5/c1-4-5-6-10-17-36-27-19-25(18-26(20-27)30(34)35-3)29(33)31-21(2)22-13-15-24(16-14-22)28(32)23-11-8-7-9-12-23/h7-9,11-16,18-21H,4-6,10,17H2,1-3H3,(H,31,33)/t21-/m0/s1. The van der Waals surface area contributed by atoms with E-state index < -0.39 is 5.97 Å². The zero-order valence-corrected chi connectivity index (χ0v) is 21.1. The minimum atomic E-state index is -0.535. The number of hydrogen-bond acceptors (Lipinski definition) is 5. The van der Waals surface area contributed by atoms with E-state index in [4.69, 9.17) is 9.47 Å².